The summed E-state index contributed by atoms with van der Waals surface area (Å²) in [4.78, 5) is 17.9. The molecule has 0 aliphatic carbocycles. The average molecular weight is 462 g/mol. The topological polar surface area (TPSA) is 66.0 Å². The maximum Gasteiger partial charge on any atom is 0.241 e. The average Bonchev–Trinajstić information content (AvgIpc) is 2.57. The third-order valence-corrected chi connectivity index (χ3v) is 3.54. The largest absolute Gasteiger partial charge is 0.382 e. The first-order chi connectivity index (χ1) is 11.5. The molecular weight excluding hydrogens is 431 g/mol. The molecule has 0 aromatic heterocycles. The van der Waals surface area contributed by atoms with Crippen molar-refractivity contribution < 1.29 is 9.53 Å². The predicted octanol–water partition coefficient (Wildman–Crippen LogP) is 2.16. The van der Waals surface area contributed by atoms with E-state index in [1.807, 2.05) is 19.1 Å². The van der Waals surface area contributed by atoms with E-state index in [1.165, 1.54) is 11.1 Å². The van der Waals surface area contributed by atoms with Crippen LogP contribution in [0.15, 0.2) is 29.3 Å². The molecule has 0 aliphatic heterocycles. The van der Waals surface area contributed by atoms with Gasteiger partial charge in [-0.3, -0.25) is 4.79 Å². The molecule has 7 heteroatoms. The van der Waals surface area contributed by atoms with Gasteiger partial charge in [0.05, 0.1) is 13.1 Å². The van der Waals surface area contributed by atoms with Gasteiger partial charge in [-0.05, 0) is 31.4 Å². The van der Waals surface area contributed by atoms with Gasteiger partial charge in [0.25, 0.3) is 0 Å². The smallest absolute Gasteiger partial charge is 0.241 e. The molecule has 1 aromatic carbocycles. The van der Waals surface area contributed by atoms with Crippen molar-refractivity contribution in [1.29, 1.82) is 0 Å². The molecule has 2 N–H and O–H groups in total. The van der Waals surface area contributed by atoms with Crippen molar-refractivity contribution >= 4 is 35.8 Å². The minimum atomic E-state index is 0. The number of aryl methyl sites for hydroxylation is 1. The first-order valence-electron chi connectivity index (χ1n) is 8.39. The van der Waals surface area contributed by atoms with E-state index in [0.29, 0.717) is 19.1 Å². The number of hydrogen-bond acceptors (Lipinski definition) is 3. The third-order valence-electron chi connectivity index (χ3n) is 3.54. The van der Waals surface area contributed by atoms with Gasteiger partial charge >= 0.3 is 0 Å². The zero-order valence-corrected chi connectivity index (χ0v) is 18.0. The van der Waals surface area contributed by atoms with Crippen molar-refractivity contribution in [3.05, 3.63) is 35.4 Å². The number of aliphatic imine (C=N–C) groups is 1. The third kappa shape index (κ3) is 10.3. The minimum Gasteiger partial charge on any atom is -0.382 e. The molecule has 0 spiro atoms. The van der Waals surface area contributed by atoms with Crippen LogP contribution in [0, 0.1) is 6.92 Å². The molecule has 142 valence electrons. The summed E-state index contributed by atoms with van der Waals surface area (Å²) in [6.45, 7) is 7.03. The number of likely N-dealkylation sites (N-methyl/N-ethyl adjacent to an activating group) is 1. The number of carbonyl (C=O) groups is 1. The van der Waals surface area contributed by atoms with Gasteiger partial charge in [-0.1, -0.05) is 24.3 Å². The van der Waals surface area contributed by atoms with Crippen LogP contribution in [-0.4, -0.2) is 57.2 Å². The van der Waals surface area contributed by atoms with Gasteiger partial charge in [-0.2, -0.15) is 0 Å². The van der Waals surface area contributed by atoms with Crippen molar-refractivity contribution in [2.24, 2.45) is 4.99 Å². The van der Waals surface area contributed by atoms with Gasteiger partial charge < -0.3 is 20.3 Å². The molecule has 0 atom stereocenters. The lowest BCUT2D eigenvalue weighted by Crippen LogP contribution is -2.43. The monoisotopic (exact) mass is 462 g/mol. The maximum absolute atomic E-state index is 11.8. The summed E-state index contributed by atoms with van der Waals surface area (Å²) in [6.07, 6.45) is 0.889. The zero-order chi connectivity index (χ0) is 17.8. The highest BCUT2D eigenvalue weighted by atomic mass is 127. The maximum atomic E-state index is 11.8. The Morgan fingerprint density at radius 3 is 2.60 bits per heavy atom. The summed E-state index contributed by atoms with van der Waals surface area (Å²) in [5, 5.41) is 6.34. The van der Waals surface area contributed by atoms with E-state index in [9.17, 15) is 4.79 Å². The molecule has 0 saturated carbocycles. The quantitative estimate of drug-likeness (QED) is 0.256. The lowest BCUT2D eigenvalue weighted by molar-refractivity contribution is -0.127. The second-order valence-electron chi connectivity index (χ2n) is 5.71. The Kier molecular flexibility index (Phi) is 13.1. The van der Waals surface area contributed by atoms with Gasteiger partial charge in [0, 0.05) is 33.9 Å². The van der Waals surface area contributed by atoms with Crippen LogP contribution in [0.4, 0.5) is 0 Å². The summed E-state index contributed by atoms with van der Waals surface area (Å²) in [5.41, 5.74) is 2.38. The number of nitrogens with zero attached hydrogens (tertiary/aromatic N) is 2. The molecule has 1 amide bonds. The van der Waals surface area contributed by atoms with Gasteiger partial charge in [0.15, 0.2) is 5.96 Å². The van der Waals surface area contributed by atoms with Crippen LogP contribution in [0.3, 0.4) is 0 Å². The first kappa shape index (κ1) is 23.6. The van der Waals surface area contributed by atoms with Crippen molar-refractivity contribution in [2.45, 2.75) is 26.8 Å². The number of ether oxygens (including phenoxy) is 1. The summed E-state index contributed by atoms with van der Waals surface area (Å²) in [5.74, 6) is 0.652. The Balaban J connectivity index is 0.00000576. The Hall–Kier alpha value is -1.35. The molecular formula is C18H31IN4O2. The molecule has 0 unspecified atom stereocenters. The Morgan fingerprint density at radius 2 is 1.96 bits per heavy atom. The fourth-order valence-electron chi connectivity index (χ4n) is 1.97. The van der Waals surface area contributed by atoms with E-state index >= 15 is 0 Å². The predicted molar refractivity (Wildman–Crippen MR) is 114 cm³/mol. The number of guanidine groups is 1. The summed E-state index contributed by atoms with van der Waals surface area (Å²) < 4.78 is 5.33. The number of hydrogen-bond donors (Lipinski definition) is 2. The Morgan fingerprint density at radius 1 is 1.24 bits per heavy atom. The fraction of sp³-hybridized carbons (Fsp3) is 0.556. The highest BCUT2D eigenvalue weighted by Gasteiger charge is 2.06. The zero-order valence-electron chi connectivity index (χ0n) is 15.7. The molecule has 6 nitrogen and oxygen atoms in total. The van der Waals surface area contributed by atoms with E-state index in [-0.39, 0.29) is 36.4 Å². The fourth-order valence-corrected chi connectivity index (χ4v) is 1.97. The second kappa shape index (κ2) is 13.9. The first-order valence-corrected chi connectivity index (χ1v) is 8.39. The van der Waals surface area contributed by atoms with Crippen molar-refractivity contribution in [1.82, 2.24) is 15.5 Å². The lowest BCUT2D eigenvalue weighted by atomic mass is 10.1. The van der Waals surface area contributed by atoms with E-state index in [2.05, 4.69) is 34.7 Å². The van der Waals surface area contributed by atoms with E-state index in [4.69, 9.17) is 4.74 Å². The SMILES string of the molecule is CCOCCCNC(=NCc1ccccc1C)NCC(=O)N(C)C.I. The molecule has 1 rings (SSSR count). The molecule has 0 bridgehead atoms. The number of carbonyl (C=O) groups excluding carboxylic acids is 1. The van der Waals surface area contributed by atoms with Gasteiger partial charge in [0.1, 0.15) is 0 Å². The van der Waals surface area contributed by atoms with Gasteiger partial charge in [0.2, 0.25) is 5.91 Å². The van der Waals surface area contributed by atoms with Crippen LogP contribution < -0.4 is 10.6 Å². The Bertz CT molecular complexity index is 536. The molecule has 0 aliphatic rings. The van der Waals surface area contributed by atoms with Crippen molar-refractivity contribution in [3.8, 4) is 0 Å². The number of benzene rings is 1. The lowest BCUT2D eigenvalue weighted by Gasteiger charge is -2.15. The summed E-state index contributed by atoms with van der Waals surface area (Å²) in [6, 6.07) is 8.17. The molecule has 0 radical (unpaired) electrons. The van der Waals surface area contributed by atoms with Crippen LogP contribution in [-0.2, 0) is 16.1 Å². The van der Waals surface area contributed by atoms with E-state index in [0.717, 1.165) is 19.6 Å². The van der Waals surface area contributed by atoms with Crippen molar-refractivity contribution in [3.63, 3.8) is 0 Å². The molecule has 1 aromatic rings. The molecule has 25 heavy (non-hydrogen) atoms. The minimum absolute atomic E-state index is 0. The molecule has 0 fully saturated rings. The number of halogens is 1. The number of amides is 1. The highest BCUT2D eigenvalue weighted by molar-refractivity contribution is 14.0. The highest BCUT2D eigenvalue weighted by Crippen LogP contribution is 2.07. The van der Waals surface area contributed by atoms with Crippen molar-refractivity contribution in [2.75, 3.05) is 40.4 Å². The number of rotatable bonds is 9. The van der Waals surface area contributed by atoms with Gasteiger partial charge in [-0.15, -0.1) is 24.0 Å². The van der Waals surface area contributed by atoms with Gasteiger partial charge in [-0.25, -0.2) is 4.99 Å². The Labute approximate surface area is 168 Å². The summed E-state index contributed by atoms with van der Waals surface area (Å²) >= 11 is 0. The van der Waals surface area contributed by atoms with E-state index < -0.39 is 0 Å². The summed E-state index contributed by atoms with van der Waals surface area (Å²) in [7, 11) is 3.48. The standard InChI is InChI=1S/C18H30N4O2.HI/c1-5-24-12-8-11-19-18(21-14-17(23)22(3)4)20-13-16-10-7-6-9-15(16)2;/h6-7,9-10H,5,8,11-14H2,1-4H3,(H2,19,20,21);1H. The van der Waals surface area contributed by atoms with Crippen LogP contribution in [0.1, 0.15) is 24.5 Å². The second-order valence-corrected chi connectivity index (χ2v) is 5.71. The molecule has 0 heterocycles. The van der Waals surface area contributed by atoms with Crippen LogP contribution in [0.2, 0.25) is 0 Å². The van der Waals surface area contributed by atoms with Crippen LogP contribution in [0.5, 0.6) is 0 Å². The molecule has 0 saturated heterocycles. The van der Waals surface area contributed by atoms with E-state index in [1.54, 1.807) is 19.0 Å². The normalized spacial score (nSPS) is 10.8. The van der Waals surface area contributed by atoms with Crippen LogP contribution in [0.25, 0.3) is 0 Å². The van der Waals surface area contributed by atoms with Crippen LogP contribution >= 0.6 is 24.0 Å². The number of nitrogens with one attached hydrogen (secondary N) is 2.